The number of benzene rings is 1. The SMILES string of the molecule is C=C/C=C(\C=C)c1nc(-c2ccc(C(=O)OCC)cc2)[nH]c1/C(C=C)=C/C=C. The molecule has 0 bridgehead atoms. The first-order chi connectivity index (χ1) is 13.6. The molecule has 0 spiro atoms. The van der Waals surface area contributed by atoms with Crippen LogP contribution in [0, 0.1) is 0 Å². The van der Waals surface area contributed by atoms with Crippen LogP contribution in [0.25, 0.3) is 22.5 Å². The van der Waals surface area contributed by atoms with Gasteiger partial charge in [-0.2, -0.15) is 0 Å². The van der Waals surface area contributed by atoms with E-state index in [0.717, 1.165) is 28.1 Å². The van der Waals surface area contributed by atoms with Crippen molar-refractivity contribution in [2.75, 3.05) is 6.61 Å². The van der Waals surface area contributed by atoms with Crippen LogP contribution in [0.3, 0.4) is 0 Å². The molecule has 1 N–H and O–H groups in total. The van der Waals surface area contributed by atoms with Crippen molar-refractivity contribution in [1.29, 1.82) is 0 Å². The molecule has 142 valence electrons. The summed E-state index contributed by atoms with van der Waals surface area (Å²) in [5.41, 5.74) is 4.54. The van der Waals surface area contributed by atoms with Gasteiger partial charge in [0, 0.05) is 11.1 Å². The highest BCUT2D eigenvalue weighted by atomic mass is 16.5. The van der Waals surface area contributed by atoms with Crippen LogP contribution < -0.4 is 0 Å². The van der Waals surface area contributed by atoms with Crippen molar-refractivity contribution in [3.8, 4) is 11.4 Å². The van der Waals surface area contributed by atoms with Crippen molar-refractivity contribution in [3.05, 3.63) is 104 Å². The van der Waals surface area contributed by atoms with Gasteiger partial charge in [-0.1, -0.05) is 74.9 Å². The van der Waals surface area contributed by atoms with Crippen LogP contribution in [0.1, 0.15) is 28.7 Å². The van der Waals surface area contributed by atoms with Crippen LogP contribution in [0.15, 0.2) is 87.0 Å². The summed E-state index contributed by atoms with van der Waals surface area (Å²) < 4.78 is 5.02. The molecule has 28 heavy (non-hydrogen) atoms. The second-order valence-corrected chi connectivity index (χ2v) is 5.73. The number of carbonyl (C=O) groups excluding carboxylic acids is 1. The highest BCUT2D eigenvalue weighted by Gasteiger charge is 2.16. The van der Waals surface area contributed by atoms with Crippen LogP contribution in [0.5, 0.6) is 0 Å². The van der Waals surface area contributed by atoms with E-state index in [2.05, 4.69) is 31.3 Å². The number of nitrogens with zero attached hydrogens (tertiary/aromatic N) is 1. The monoisotopic (exact) mass is 372 g/mol. The third-order valence-corrected chi connectivity index (χ3v) is 3.97. The minimum absolute atomic E-state index is 0.339. The van der Waals surface area contributed by atoms with E-state index in [1.807, 2.05) is 24.3 Å². The van der Waals surface area contributed by atoms with Crippen LogP contribution in [-0.4, -0.2) is 22.5 Å². The van der Waals surface area contributed by atoms with Gasteiger partial charge in [-0.05, 0) is 24.6 Å². The van der Waals surface area contributed by atoms with E-state index < -0.39 is 0 Å². The Hall–Kier alpha value is -3.66. The van der Waals surface area contributed by atoms with Crippen molar-refractivity contribution in [1.82, 2.24) is 9.97 Å². The van der Waals surface area contributed by atoms with Crippen LogP contribution in [-0.2, 0) is 4.74 Å². The molecule has 1 aromatic heterocycles. The molecule has 0 atom stereocenters. The third-order valence-electron chi connectivity index (χ3n) is 3.97. The highest BCUT2D eigenvalue weighted by molar-refractivity contribution is 5.90. The molecule has 0 aliphatic carbocycles. The van der Waals surface area contributed by atoms with Crippen LogP contribution >= 0.6 is 0 Å². The van der Waals surface area contributed by atoms with Gasteiger partial charge in [-0.3, -0.25) is 0 Å². The standard InChI is InChI=1S/C24H24N2O2/c1-6-11-17(8-3)21-22(18(9-4)12-7-2)26-23(25-21)19-13-15-20(16-14-19)24(27)28-10-5/h6-9,11-16H,1-4,10H2,5H3,(H,25,26)/b17-11+,18-12+. The first-order valence-corrected chi connectivity index (χ1v) is 8.88. The first-order valence-electron chi connectivity index (χ1n) is 8.88. The Kier molecular flexibility index (Phi) is 7.28. The normalized spacial score (nSPS) is 11.6. The van der Waals surface area contributed by atoms with Crippen LogP contribution in [0.2, 0.25) is 0 Å². The minimum atomic E-state index is -0.347. The fourth-order valence-electron chi connectivity index (χ4n) is 2.66. The van der Waals surface area contributed by atoms with Crippen molar-refractivity contribution in [3.63, 3.8) is 0 Å². The highest BCUT2D eigenvalue weighted by Crippen LogP contribution is 2.29. The predicted octanol–water partition coefficient (Wildman–Crippen LogP) is 5.76. The second-order valence-electron chi connectivity index (χ2n) is 5.73. The Morgan fingerprint density at radius 1 is 1.04 bits per heavy atom. The Bertz CT molecular complexity index is 909. The number of H-pyrrole nitrogens is 1. The van der Waals surface area contributed by atoms with Gasteiger partial charge in [-0.25, -0.2) is 9.78 Å². The molecule has 0 unspecified atom stereocenters. The predicted molar refractivity (Wildman–Crippen MR) is 117 cm³/mol. The summed E-state index contributed by atoms with van der Waals surface area (Å²) in [5, 5.41) is 0. The second kappa shape index (κ2) is 9.88. The van der Waals surface area contributed by atoms with Gasteiger partial charge in [0.15, 0.2) is 0 Å². The maximum Gasteiger partial charge on any atom is 0.338 e. The minimum Gasteiger partial charge on any atom is -0.462 e. The van der Waals surface area contributed by atoms with Gasteiger partial charge in [0.05, 0.1) is 23.6 Å². The molecule has 0 aliphatic rings. The lowest BCUT2D eigenvalue weighted by Crippen LogP contribution is -2.04. The maximum absolute atomic E-state index is 11.8. The molecule has 0 aliphatic heterocycles. The molecule has 2 aromatic rings. The van der Waals surface area contributed by atoms with Crippen molar-refractivity contribution in [2.45, 2.75) is 6.92 Å². The lowest BCUT2D eigenvalue weighted by molar-refractivity contribution is 0.0526. The van der Waals surface area contributed by atoms with E-state index in [4.69, 9.17) is 9.72 Å². The van der Waals surface area contributed by atoms with Gasteiger partial charge >= 0.3 is 5.97 Å². The van der Waals surface area contributed by atoms with Crippen molar-refractivity contribution < 1.29 is 9.53 Å². The van der Waals surface area contributed by atoms with Crippen molar-refractivity contribution in [2.24, 2.45) is 0 Å². The molecule has 4 heteroatoms. The molecule has 0 saturated carbocycles. The van der Waals surface area contributed by atoms with E-state index in [1.54, 1.807) is 43.4 Å². The number of rotatable bonds is 9. The summed E-state index contributed by atoms with van der Waals surface area (Å²) in [6, 6.07) is 7.09. The molecule has 2 rings (SSSR count). The number of carbonyl (C=O) groups is 1. The quantitative estimate of drug-likeness (QED) is 0.449. The summed E-state index contributed by atoms with van der Waals surface area (Å²) in [7, 11) is 0. The smallest absolute Gasteiger partial charge is 0.338 e. The Morgan fingerprint density at radius 2 is 1.64 bits per heavy atom. The summed E-state index contributed by atoms with van der Waals surface area (Å²) in [6.45, 7) is 17.4. The molecule has 0 amide bonds. The zero-order chi connectivity index (χ0) is 20.5. The number of hydrogen-bond acceptors (Lipinski definition) is 3. The largest absolute Gasteiger partial charge is 0.462 e. The third kappa shape index (κ3) is 4.54. The van der Waals surface area contributed by atoms with Crippen LogP contribution in [0.4, 0.5) is 0 Å². The molecular formula is C24H24N2O2. The Labute approximate surface area is 166 Å². The van der Waals surface area contributed by atoms with E-state index in [1.165, 1.54) is 0 Å². The van der Waals surface area contributed by atoms with E-state index in [9.17, 15) is 4.79 Å². The molecule has 0 fully saturated rings. The fraction of sp³-hybridized carbons (Fsp3) is 0.0833. The zero-order valence-corrected chi connectivity index (χ0v) is 16.1. The molecule has 4 nitrogen and oxygen atoms in total. The molecular weight excluding hydrogens is 348 g/mol. The summed E-state index contributed by atoms with van der Waals surface area (Å²) >= 11 is 0. The van der Waals surface area contributed by atoms with Gasteiger partial charge in [-0.15, -0.1) is 0 Å². The average Bonchev–Trinajstić information content (AvgIpc) is 3.15. The van der Waals surface area contributed by atoms with Gasteiger partial charge < -0.3 is 9.72 Å². The average molecular weight is 372 g/mol. The van der Waals surface area contributed by atoms with E-state index in [0.29, 0.717) is 18.0 Å². The van der Waals surface area contributed by atoms with Gasteiger partial charge in [0.25, 0.3) is 0 Å². The number of aromatic amines is 1. The zero-order valence-electron chi connectivity index (χ0n) is 16.1. The molecule has 1 aromatic carbocycles. The summed E-state index contributed by atoms with van der Waals surface area (Å²) in [4.78, 5) is 19.9. The first kappa shape index (κ1) is 20.6. The number of aromatic nitrogens is 2. The number of nitrogens with one attached hydrogen (secondary N) is 1. The number of ether oxygens (including phenoxy) is 1. The number of hydrogen-bond donors (Lipinski definition) is 1. The Morgan fingerprint density at radius 3 is 2.18 bits per heavy atom. The van der Waals surface area contributed by atoms with E-state index in [-0.39, 0.29) is 5.97 Å². The molecule has 1 heterocycles. The Balaban J connectivity index is 2.57. The number of imidazole rings is 1. The fourth-order valence-corrected chi connectivity index (χ4v) is 2.66. The summed E-state index contributed by atoms with van der Waals surface area (Å²) in [6.07, 6.45) is 10.5. The van der Waals surface area contributed by atoms with Gasteiger partial charge in [0.1, 0.15) is 5.82 Å². The molecule has 0 saturated heterocycles. The lowest BCUT2D eigenvalue weighted by Gasteiger charge is -2.03. The van der Waals surface area contributed by atoms with Gasteiger partial charge in [0.2, 0.25) is 0 Å². The lowest BCUT2D eigenvalue weighted by atomic mass is 10.0. The summed E-state index contributed by atoms with van der Waals surface area (Å²) in [5.74, 6) is 0.314. The van der Waals surface area contributed by atoms with E-state index >= 15 is 0 Å². The molecule has 0 radical (unpaired) electrons. The number of allylic oxidation sites excluding steroid dienone is 8. The number of esters is 1. The van der Waals surface area contributed by atoms with Crippen molar-refractivity contribution >= 4 is 17.1 Å². The maximum atomic E-state index is 11.8. The topological polar surface area (TPSA) is 55.0 Å².